The lowest BCUT2D eigenvalue weighted by Crippen LogP contribution is -2.51. The number of nitrogens with one attached hydrogen (secondary N) is 2. The number of methoxy groups -OCH3 is 1. The molecule has 0 spiro atoms. The van der Waals surface area contributed by atoms with Crippen molar-refractivity contribution in [1.29, 1.82) is 0 Å². The smallest absolute Gasteiger partial charge is 0.239 e. The molecule has 4 N–H and O–H groups in total. The number of ether oxygens (including phenoxy) is 1. The largest absolute Gasteiger partial charge is 0.383 e. The Morgan fingerprint density at radius 1 is 1.29 bits per heavy atom. The molecule has 1 aliphatic rings. The van der Waals surface area contributed by atoms with Gasteiger partial charge in [-0.15, -0.1) is 0 Å². The van der Waals surface area contributed by atoms with Gasteiger partial charge in [0.2, 0.25) is 11.8 Å². The molecule has 7 nitrogen and oxygen atoms in total. The number of piperidine rings is 1. The fourth-order valence-electron chi connectivity index (χ4n) is 2.72. The Hall–Kier alpha value is -1.96. The second-order valence-electron chi connectivity index (χ2n) is 6.04. The van der Waals surface area contributed by atoms with Gasteiger partial charge in [-0.2, -0.15) is 0 Å². The lowest BCUT2D eigenvalue weighted by Gasteiger charge is -2.32. The zero-order valence-corrected chi connectivity index (χ0v) is 14.0. The molecule has 1 aliphatic heterocycles. The Morgan fingerprint density at radius 3 is 2.58 bits per heavy atom. The number of carbonyl (C=O) groups is 2. The molecule has 0 bridgehead atoms. The number of nitrogens with two attached hydrogens (primary N) is 1. The van der Waals surface area contributed by atoms with E-state index in [1.807, 2.05) is 30.3 Å². The third kappa shape index (κ3) is 5.92. The summed E-state index contributed by atoms with van der Waals surface area (Å²) in [6, 6.07) is 8.88. The maximum absolute atomic E-state index is 12.0. The summed E-state index contributed by atoms with van der Waals surface area (Å²) >= 11 is 0. The van der Waals surface area contributed by atoms with Gasteiger partial charge in [-0.3, -0.25) is 14.5 Å². The van der Waals surface area contributed by atoms with Crippen molar-refractivity contribution in [1.82, 2.24) is 10.2 Å². The van der Waals surface area contributed by atoms with Crippen LogP contribution in [0.3, 0.4) is 0 Å². The number of hydrogen-bond acceptors (Lipinski definition) is 5. The lowest BCUT2D eigenvalue weighted by molar-refractivity contribution is -0.124. The van der Waals surface area contributed by atoms with Crippen molar-refractivity contribution >= 4 is 17.5 Å². The second kappa shape index (κ2) is 9.36. The maximum Gasteiger partial charge on any atom is 0.239 e. The van der Waals surface area contributed by atoms with E-state index in [2.05, 4.69) is 15.5 Å². The minimum atomic E-state index is -0.635. The van der Waals surface area contributed by atoms with Gasteiger partial charge in [-0.25, -0.2) is 0 Å². The first-order valence-corrected chi connectivity index (χ1v) is 8.20. The highest BCUT2D eigenvalue weighted by molar-refractivity contribution is 5.92. The highest BCUT2D eigenvalue weighted by Crippen LogP contribution is 2.11. The van der Waals surface area contributed by atoms with Crippen molar-refractivity contribution < 1.29 is 14.3 Å². The second-order valence-corrected chi connectivity index (χ2v) is 6.04. The van der Waals surface area contributed by atoms with Gasteiger partial charge < -0.3 is 21.1 Å². The van der Waals surface area contributed by atoms with Gasteiger partial charge in [0.05, 0.1) is 13.2 Å². The van der Waals surface area contributed by atoms with Gasteiger partial charge in [0.25, 0.3) is 0 Å². The van der Waals surface area contributed by atoms with Gasteiger partial charge in [-0.1, -0.05) is 18.2 Å². The van der Waals surface area contributed by atoms with Crippen LogP contribution < -0.4 is 16.4 Å². The molecular weight excluding hydrogens is 308 g/mol. The van der Waals surface area contributed by atoms with E-state index in [1.54, 1.807) is 0 Å². The molecule has 7 heteroatoms. The van der Waals surface area contributed by atoms with E-state index in [9.17, 15) is 9.59 Å². The number of para-hydroxylation sites is 1. The van der Waals surface area contributed by atoms with Crippen LogP contribution in [0.5, 0.6) is 0 Å². The Morgan fingerprint density at radius 2 is 1.96 bits per heavy atom. The maximum atomic E-state index is 12.0. The average Bonchev–Trinajstić information content (AvgIpc) is 2.57. The predicted molar refractivity (Wildman–Crippen MR) is 92.5 cm³/mol. The molecule has 1 heterocycles. The summed E-state index contributed by atoms with van der Waals surface area (Å²) in [5.41, 5.74) is 6.51. The van der Waals surface area contributed by atoms with Crippen molar-refractivity contribution in [3.05, 3.63) is 30.3 Å². The molecule has 24 heavy (non-hydrogen) atoms. The summed E-state index contributed by atoms with van der Waals surface area (Å²) in [5, 5.41) is 5.83. The van der Waals surface area contributed by atoms with Crippen LogP contribution in [0, 0.1) is 0 Å². The first kappa shape index (κ1) is 18.4. The Labute approximate surface area is 142 Å². The summed E-state index contributed by atoms with van der Waals surface area (Å²) in [6.07, 6.45) is 1.62. The molecule has 1 aromatic rings. The topological polar surface area (TPSA) is 96.7 Å². The Kier molecular flexibility index (Phi) is 7.17. The number of rotatable bonds is 7. The monoisotopic (exact) mass is 334 g/mol. The van der Waals surface area contributed by atoms with Gasteiger partial charge in [-0.05, 0) is 25.0 Å². The summed E-state index contributed by atoms with van der Waals surface area (Å²) in [5.74, 6) is -0.206. The summed E-state index contributed by atoms with van der Waals surface area (Å²) in [6.45, 7) is 2.11. The predicted octanol–water partition coefficient (Wildman–Crippen LogP) is 0.179. The average molecular weight is 334 g/mol. The van der Waals surface area contributed by atoms with Crippen molar-refractivity contribution in [2.24, 2.45) is 5.73 Å². The molecule has 2 rings (SSSR count). The van der Waals surface area contributed by atoms with Crippen LogP contribution in [0.1, 0.15) is 12.8 Å². The molecule has 1 fully saturated rings. The van der Waals surface area contributed by atoms with Crippen LogP contribution in [0.4, 0.5) is 5.69 Å². The molecular formula is C17H26N4O3. The number of amides is 2. The molecule has 0 aromatic heterocycles. The molecule has 0 saturated carbocycles. The standard InChI is InChI=1S/C17H26N4O3/c1-24-12-15(18)17(23)20-14-7-9-21(10-8-14)11-16(22)19-13-5-3-2-4-6-13/h2-6,14-15H,7-12,18H2,1H3,(H,19,22)(H,20,23). The number of carbonyl (C=O) groups excluding carboxylic acids is 2. The number of anilines is 1. The van der Waals surface area contributed by atoms with E-state index in [0.717, 1.165) is 31.6 Å². The third-order valence-corrected chi connectivity index (χ3v) is 4.04. The third-order valence-electron chi connectivity index (χ3n) is 4.04. The number of benzene rings is 1. The summed E-state index contributed by atoms with van der Waals surface area (Å²) < 4.78 is 4.89. The highest BCUT2D eigenvalue weighted by atomic mass is 16.5. The van der Waals surface area contributed by atoms with Crippen molar-refractivity contribution in [2.45, 2.75) is 24.9 Å². The van der Waals surface area contributed by atoms with E-state index in [-0.39, 0.29) is 24.5 Å². The van der Waals surface area contributed by atoms with Gasteiger partial charge in [0.15, 0.2) is 0 Å². The SMILES string of the molecule is COCC(N)C(=O)NC1CCN(CC(=O)Nc2ccccc2)CC1. The molecule has 1 unspecified atom stereocenters. The summed E-state index contributed by atoms with van der Waals surface area (Å²) in [7, 11) is 1.52. The number of nitrogens with zero attached hydrogens (tertiary/aromatic N) is 1. The minimum Gasteiger partial charge on any atom is -0.383 e. The fraction of sp³-hybridized carbons (Fsp3) is 0.529. The Balaban J connectivity index is 1.69. The highest BCUT2D eigenvalue weighted by Gasteiger charge is 2.23. The lowest BCUT2D eigenvalue weighted by atomic mass is 10.0. The van der Waals surface area contributed by atoms with E-state index in [0.29, 0.717) is 6.54 Å². The van der Waals surface area contributed by atoms with Gasteiger partial charge >= 0.3 is 0 Å². The fourth-order valence-corrected chi connectivity index (χ4v) is 2.72. The molecule has 2 amide bonds. The number of hydrogen-bond donors (Lipinski definition) is 3. The molecule has 1 saturated heterocycles. The zero-order valence-electron chi connectivity index (χ0n) is 14.0. The molecule has 1 atom stereocenters. The van der Waals surface area contributed by atoms with Crippen molar-refractivity contribution in [2.75, 3.05) is 38.7 Å². The van der Waals surface area contributed by atoms with Crippen LogP contribution in [-0.4, -0.2) is 62.1 Å². The normalized spacial score (nSPS) is 17.2. The van der Waals surface area contributed by atoms with Gasteiger partial charge in [0.1, 0.15) is 6.04 Å². The van der Waals surface area contributed by atoms with Crippen LogP contribution >= 0.6 is 0 Å². The first-order chi connectivity index (χ1) is 11.6. The summed E-state index contributed by atoms with van der Waals surface area (Å²) in [4.78, 5) is 26.0. The van der Waals surface area contributed by atoms with Crippen LogP contribution in [0.2, 0.25) is 0 Å². The quantitative estimate of drug-likeness (QED) is 0.661. The van der Waals surface area contributed by atoms with Crippen LogP contribution in [0.15, 0.2) is 30.3 Å². The van der Waals surface area contributed by atoms with Crippen LogP contribution in [0.25, 0.3) is 0 Å². The molecule has 132 valence electrons. The van der Waals surface area contributed by atoms with Crippen molar-refractivity contribution in [3.8, 4) is 0 Å². The van der Waals surface area contributed by atoms with Crippen molar-refractivity contribution in [3.63, 3.8) is 0 Å². The number of likely N-dealkylation sites (tertiary alicyclic amines) is 1. The van der Waals surface area contributed by atoms with E-state index >= 15 is 0 Å². The zero-order chi connectivity index (χ0) is 17.4. The van der Waals surface area contributed by atoms with Gasteiger partial charge in [0, 0.05) is 31.9 Å². The van der Waals surface area contributed by atoms with E-state index < -0.39 is 6.04 Å². The van der Waals surface area contributed by atoms with E-state index in [1.165, 1.54) is 7.11 Å². The Bertz CT molecular complexity index is 530. The first-order valence-electron chi connectivity index (χ1n) is 8.20. The molecule has 1 aromatic carbocycles. The molecule has 0 radical (unpaired) electrons. The van der Waals surface area contributed by atoms with Crippen LogP contribution in [-0.2, 0) is 14.3 Å². The minimum absolute atomic E-state index is 0.0224. The molecule has 0 aliphatic carbocycles. The van der Waals surface area contributed by atoms with E-state index in [4.69, 9.17) is 10.5 Å².